The number of rotatable bonds is 4. The third-order valence-corrected chi connectivity index (χ3v) is 6.30. The molecule has 1 unspecified atom stereocenters. The molecule has 0 bridgehead atoms. The van der Waals surface area contributed by atoms with E-state index in [-0.39, 0.29) is 18.0 Å². The molecule has 0 N–H and O–H groups in total. The molecule has 0 radical (unpaired) electrons. The summed E-state index contributed by atoms with van der Waals surface area (Å²) in [4.78, 5) is 25.6. The molecule has 1 aromatic carbocycles. The van der Waals surface area contributed by atoms with E-state index in [0.29, 0.717) is 34.7 Å². The molecular formula is C21H17ClN6O2. The van der Waals surface area contributed by atoms with Crippen molar-refractivity contribution in [2.45, 2.75) is 18.9 Å². The monoisotopic (exact) mass is 420 g/mol. The molecule has 3 heterocycles. The summed E-state index contributed by atoms with van der Waals surface area (Å²) < 4.78 is 8.56. The van der Waals surface area contributed by atoms with Gasteiger partial charge in [0.25, 0.3) is 5.56 Å². The number of hydrogen-bond donors (Lipinski definition) is 0. The summed E-state index contributed by atoms with van der Waals surface area (Å²) in [6.45, 7) is 0.186. The fraction of sp³-hybridized carbons (Fsp3) is 0.286. The largest absolute Gasteiger partial charge is 0.337 e. The minimum absolute atomic E-state index is 0.183. The number of allylic oxidation sites excluding steroid dienone is 2. The summed E-state index contributed by atoms with van der Waals surface area (Å²) >= 11 is 6.12. The quantitative estimate of drug-likeness (QED) is 0.504. The molecule has 8 nitrogen and oxygen atoms in total. The molecule has 2 aliphatic rings. The van der Waals surface area contributed by atoms with Crippen molar-refractivity contribution < 1.29 is 4.52 Å². The number of aryl methyl sites for hydroxylation is 1. The Hall–Kier alpha value is -3.26. The average molecular weight is 421 g/mol. The van der Waals surface area contributed by atoms with E-state index in [2.05, 4.69) is 32.3 Å². The highest BCUT2D eigenvalue weighted by atomic mass is 35.5. The lowest BCUT2D eigenvalue weighted by Crippen LogP contribution is -2.22. The van der Waals surface area contributed by atoms with E-state index in [1.54, 1.807) is 17.9 Å². The minimum Gasteiger partial charge on any atom is -0.337 e. The molecule has 1 fully saturated rings. The molecule has 150 valence electrons. The van der Waals surface area contributed by atoms with E-state index in [4.69, 9.17) is 16.1 Å². The summed E-state index contributed by atoms with van der Waals surface area (Å²) in [6, 6.07) is 7.96. The minimum atomic E-state index is -0.183. The highest BCUT2D eigenvalue weighted by Gasteiger charge is 2.55. The van der Waals surface area contributed by atoms with Crippen molar-refractivity contribution in [3.63, 3.8) is 0 Å². The van der Waals surface area contributed by atoms with Gasteiger partial charge in [-0.15, -0.1) is 0 Å². The average Bonchev–Trinajstić information content (AvgIpc) is 3.16. The van der Waals surface area contributed by atoms with Gasteiger partial charge in [0.1, 0.15) is 12.9 Å². The summed E-state index contributed by atoms with van der Waals surface area (Å²) in [6.07, 6.45) is 6.33. The molecule has 9 heteroatoms. The highest BCUT2D eigenvalue weighted by Crippen LogP contribution is 2.62. The number of benzene rings is 1. The van der Waals surface area contributed by atoms with Gasteiger partial charge in [-0.3, -0.25) is 9.36 Å². The fourth-order valence-electron chi connectivity index (χ4n) is 4.51. The van der Waals surface area contributed by atoms with E-state index < -0.39 is 0 Å². The molecule has 6 rings (SSSR count). The number of halogens is 1. The van der Waals surface area contributed by atoms with Gasteiger partial charge in [0.15, 0.2) is 17.0 Å². The molecule has 4 aromatic rings. The topological polar surface area (TPSA) is 91.6 Å². The maximum atomic E-state index is 12.7. The molecule has 3 aromatic heterocycles. The first-order chi connectivity index (χ1) is 14.6. The molecule has 3 atom stereocenters. The molecule has 0 spiro atoms. The Bertz CT molecular complexity index is 1380. The van der Waals surface area contributed by atoms with Crippen molar-refractivity contribution in [3.8, 4) is 0 Å². The van der Waals surface area contributed by atoms with Gasteiger partial charge in [-0.1, -0.05) is 35.0 Å². The lowest BCUT2D eigenvalue weighted by atomic mass is 10.0. The second kappa shape index (κ2) is 6.37. The van der Waals surface area contributed by atoms with Crippen LogP contribution < -0.4 is 5.56 Å². The van der Waals surface area contributed by atoms with Crippen molar-refractivity contribution in [1.29, 1.82) is 0 Å². The third kappa shape index (κ3) is 2.71. The molecule has 2 aliphatic carbocycles. The maximum absolute atomic E-state index is 12.7. The van der Waals surface area contributed by atoms with Crippen molar-refractivity contribution in [2.75, 3.05) is 0 Å². The van der Waals surface area contributed by atoms with Gasteiger partial charge >= 0.3 is 0 Å². The highest BCUT2D eigenvalue weighted by molar-refractivity contribution is 6.30. The zero-order valence-electron chi connectivity index (χ0n) is 16.1. The number of aromatic nitrogens is 6. The lowest BCUT2D eigenvalue weighted by molar-refractivity contribution is 0.364. The van der Waals surface area contributed by atoms with Crippen LogP contribution in [0.4, 0.5) is 0 Å². The van der Waals surface area contributed by atoms with Crippen molar-refractivity contribution in [1.82, 2.24) is 29.2 Å². The Morgan fingerprint density at radius 1 is 1.27 bits per heavy atom. The van der Waals surface area contributed by atoms with E-state index in [0.717, 1.165) is 11.4 Å². The number of hydrogen-bond acceptors (Lipinski definition) is 6. The van der Waals surface area contributed by atoms with Crippen molar-refractivity contribution in [2.24, 2.45) is 18.9 Å². The van der Waals surface area contributed by atoms with Gasteiger partial charge < -0.3 is 9.09 Å². The lowest BCUT2D eigenvalue weighted by Gasteiger charge is -2.05. The number of fused-ring (bicyclic) bond motifs is 2. The zero-order chi connectivity index (χ0) is 20.4. The van der Waals surface area contributed by atoms with Gasteiger partial charge in [-0.05, 0) is 41.5 Å². The number of imidazole rings is 1. The first kappa shape index (κ1) is 17.6. The molecule has 1 saturated carbocycles. The predicted molar refractivity (Wildman–Crippen MR) is 110 cm³/mol. The summed E-state index contributed by atoms with van der Waals surface area (Å²) in [5.74, 6) is 2.32. The van der Waals surface area contributed by atoms with Gasteiger partial charge in [0.2, 0.25) is 5.89 Å². The van der Waals surface area contributed by atoms with Crippen LogP contribution in [0, 0.1) is 11.8 Å². The Morgan fingerprint density at radius 3 is 2.93 bits per heavy atom. The molecule has 0 aliphatic heterocycles. The van der Waals surface area contributed by atoms with E-state index in [1.165, 1.54) is 22.0 Å². The van der Waals surface area contributed by atoms with Crippen LogP contribution in [-0.4, -0.2) is 29.2 Å². The van der Waals surface area contributed by atoms with Crippen LogP contribution in [0.25, 0.3) is 16.7 Å². The standard InChI is InChI=1S/C21H17ClN6O2/c1-27-9-23-20-18(27)21(29)28(10-24-20)8-16-25-19(26-30-16)17-14-6-12(7-15(14)17)11-3-2-4-13(22)5-11/h2-6,9-10,14-15,17H,7-8H2,1H3/t14?,15-,17-/m1/s1. The van der Waals surface area contributed by atoms with E-state index in [1.807, 2.05) is 18.2 Å². The first-order valence-corrected chi connectivity index (χ1v) is 10.1. The Morgan fingerprint density at radius 2 is 2.13 bits per heavy atom. The maximum Gasteiger partial charge on any atom is 0.280 e. The molecule has 0 amide bonds. The molecule has 30 heavy (non-hydrogen) atoms. The second-order valence-electron chi connectivity index (χ2n) is 7.92. The number of nitrogens with zero attached hydrogens (tertiary/aromatic N) is 6. The second-order valence-corrected chi connectivity index (χ2v) is 8.36. The smallest absolute Gasteiger partial charge is 0.280 e. The van der Waals surface area contributed by atoms with Gasteiger partial charge in [-0.2, -0.15) is 4.98 Å². The van der Waals surface area contributed by atoms with Gasteiger partial charge in [0.05, 0.1) is 6.33 Å². The van der Waals surface area contributed by atoms with Crippen molar-refractivity contribution in [3.05, 3.63) is 75.7 Å². The van der Waals surface area contributed by atoms with Crippen LogP contribution in [0.2, 0.25) is 5.02 Å². The fourth-order valence-corrected chi connectivity index (χ4v) is 4.70. The van der Waals surface area contributed by atoms with Crippen LogP contribution >= 0.6 is 11.6 Å². The third-order valence-electron chi connectivity index (χ3n) is 6.06. The van der Waals surface area contributed by atoms with Crippen LogP contribution in [-0.2, 0) is 13.6 Å². The van der Waals surface area contributed by atoms with Gasteiger partial charge in [-0.25, -0.2) is 9.97 Å². The van der Waals surface area contributed by atoms with E-state index >= 15 is 0 Å². The summed E-state index contributed by atoms with van der Waals surface area (Å²) in [7, 11) is 1.77. The summed E-state index contributed by atoms with van der Waals surface area (Å²) in [5, 5.41) is 4.93. The van der Waals surface area contributed by atoms with Crippen LogP contribution in [0.5, 0.6) is 0 Å². The van der Waals surface area contributed by atoms with Crippen LogP contribution in [0.1, 0.15) is 29.6 Å². The summed E-state index contributed by atoms with van der Waals surface area (Å²) in [5.41, 5.74) is 3.21. The molecule has 0 saturated heterocycles. The van der Waals surface area contributed by atoms with E-state index in [9.17, 15) is 4.79 Å². The first-order valence-electron chi connectivity index (χ1n) is 9.74. The van der Waals surface area contributed by atoms with Crippen LogP contribution in [0.15, 0.2) is 52.3 Å². The molecular weight excluding hydrogens is 404 g/mol. The Balaban J connectivity index is 1.21. The van der Waals surface area contributed by atoms with Crippen molar-refractivity contribution >= 4 is 28.3 Å². The zero-order valence-corrected chi connectivity index (χ0v) is 16.8. The normalized spacial score (nSPS) is 22.3. The Labute approximate surface area is 175 Å². The van der Waals surface area contributed by atoms with Crippen LogP contribution in [0.3, 0.4) is 0 Å². The SMILES string of the molecule is Cn1cnc2ncn(Cc3nc([C@@H]4C5C=C(c6cccc(Cl)c6)C[C@H]54)no3)c(=O)c21. The Kier molecular flexibility index (Phi) is 3.73. The van der Waals surface area contributed by atoms with Gasteiger partial charge in [0, 0.05) is 18.0 Å². The predicted octanol–water partition coefficient (Wildman–Crippen LogP) is 3.03.